The van der Waals surface area contributed by atoms with E-state index >= 15 is 0 Å². The SMILES string of the molecule is Cc1ccc(C2=CC(c3ccccc3C)n3ncnc3N2)cc1C. The van der Waals surface area contributed by atoms with Crippen LogP contribution in [0.15, 0.2) is 54.9 Å². The average Bonchev–Trinajstić information content (AvgIpc) is 3.05. The van der Waals surface area contributed by atoms with Crippen LogP contribution < -0.4 is 5.32 Å². The highest BCUT2D eigenvalue weighted by atomic mass is 15.4. The molecule has 1 aromatic heterocycles. The fourth-order valence-corrected chi connectivity index (χ4v) is 3.15. The van der Waals surface area contributed by atoms with Gasteiger partial charge in [0.2, 0.25) is 5.95 Å². The van der Waals surface area contributed by atoms with E-state index in [0.717, 1.165) is 11.6 Å². The first-order valence-corrected chi connectivity index (χ1v) is 8.15. The Morgan fingerprint density at radius 1 is 0.958 bits per heavy atom. The molecule has 0 saturated heterocycles. The molecule has 0 spiro atoms. The summed E-state index contributed by atoms with van der Waals surface area (Å²) in [7, 11) is 0. The summed E-state index contributed by atoms with van der Waals surface area (Å²) in [6.07, 6.45) is 3.83. The van der Waals surface area contributed by atoms with Crippen LogP contribution in [0.25, 0.3) is 5.70 Å². The van der Waals surface area contributed by atoms with Gasteiger partial charge in [-0.3, -0.25) is 0 Å². The Morgan fingerprint density at radius 3 is 2.58 bits per heavy atom. The van der Waals surface area contributed by atoms with Crippen LogP contribution in [-0.2, 0) is 0 Å². The van der Waals surface area contributed by atoms with Crippen LogP contribution in [0.4, 0.5) is 5.95 Å². The second kappa shape index (κ2) is 5.64. The minimum atomic E-state index is 0.0431. The fourth-order valence-electron chi connectivity index (χ4n) is 3.15. The molecule has 1 aliphatic rings. The number of nitrogens with one attached hydrogen (secondary N) is 1. The first kappa shape index (κ1) is 14.7. The summed E-state index contributed by atoms with van der Waals surface area (Å²) in [5.74, 6) is 0.777. The molecule has 120 valence electrons. The number of aryl methyl sites for hydroxylation is 3. The molecule has 0 saturated carbocycles. The van der Waals surface area contributed by atoms with Crippen molar-refractivity contribution in [3.63, 3.8) is 0 Å². The fraction of sp³-hybridized carbons (Fsp3) is 0.200. The highest BCUT2D eigenvalue weighted by molar-refractivity contribution is 5.77. The van der Waals surface area contributed by atoms with E-state index in [4.69, 9.17) is 0 Å². The number of aromatic nitrogens is 3. The third kappa shape index (κ3) is 2.40. The minimum Gasteiger partial charge on any atom is -0.324 e. The lowest BCUT2D eigenvalue weighted by Crippen LogP contribution is -2.20. The number of benzene rings is 2. The molecule has 1 N–H and O–H groups in total. The molecule has 1 atom stereocenters. The monoisotopic (exact) mass is 316 g/mol. The van der Waals surface area contributed by atoms with Crippen molar-refractivity contribution < 1.29 is 0 Å². The zero-order chi connectivity index (χ0) is 16.7. The van der Waals surface area contributed by atoms with Gasteiger partial charge in [0.1, 0.15) is 12.4 Å². The maximum Gasteiger partial charge on any atom is 0.226 e. The second-order valence-corrected chi connectivity index (χ2v) is 6.33. The molecule has 2 heterocycles. The van der Waals surface area contributed by atoms with Crippen LogP contribution in [0, 0.1) is 20.8 Å². The number of rotatable bonds is 2. The normalized spacial score (nSPS) is 16.3. The summed E-state index contributed by atoms with van der Waals surface area (Å²) in [6.45, 7) is 6.41. The number of fused-ring (bicyclic) bond motifs is 1. The van der Waals surface area contributed by atoms with Crippen molar-refractivity contribution in [2.24, 2.45) is 0 Å². The molecule has 3 aromatic rings. The largest absolute Gasteiger partial charge is 0.324 e. The van der Waals surface area contributed by atoms with E-state index in [0.29, 0.717) is 0 Å². The van der Waals surface area contributed by atoms with Gasteiger partial charge in [0.25, 0.3) is 0 Å². The summed E-state index contributed by atoms with van der Waals surface area (Å²) < 4.78 is 1.94. The number of hydrogen-bond donors (Lipinski definition) is 1. The van der Waals surface area contributed by atoms with Crippen LogP contribution in [0.2, 0.25) is 0 Å². The first-order chi connectivity index (χ1) is 11.6. The Hall–Kier alpha value is -2.88. The third-order valence-corrected chi connectivity index (χ3v) is 4.73. The van der Waals surface area contributed by atoms with E-state index in [1.165, 1.54) is 27.8 Å². The Morgan fingerprint density at radius 2 is 1.79 bits per heavy atom. The molecule has 0 amide bonds. The lowest BCUT2D eigenvalue weighted by Gasteiger charge is -2.25. The summed E-state index contributed by atoms with van der Waals surface area (Å²) in [4.78, 5) is 4.38. The van der Waals surface area contributed by atoms with Gasteiger partial charge in [-0.2, -0.15) is 10.1 Å². The topological polar surface area (TPSA) is 42.7 Å². The highest BCUT2D eigenvalue weighted by Gasteiger charge is 2.24. The molecule has 2 aromatic carbocycles. The van der Waals surface area contributed by atoms with E-state index in [1.807, 2.05) is 4.68 Å². The molecule has 1 aliphatic heterocycles. The van der Waals surface area contributed by atoms with Gasteiger partial charge in [0.05, 0.1) is 0 Å². The lowest BCUT2D eigenvalue weighted by molar-refractivity contribution is 0.609. The van der Waals surface area contributed by atoms with Gasteiger partial charge in [-0.15, -0.1) is 0 Å². The quantitative estimate of drug-likeness (QED) is 0.768. The summed E-state index contributed by atoms with van der Waals surface area (Å²) in [5.41, 5.74) is 7.33. The maximum absolute atomic E-state index is 4.41. The summed E-state index contributed by atoms with van der Waals surface area (Å²) >= 11 is 0. The van der Waals surface area contributed by atoms with E-state index in [2.05, 4.69) is 84.7 Å². The molecule has 1 unspecified atom stereocenters. The van der Waals surface area contributed by atoms with Crippen molar-refractivity contribution in [2.75, 3.05) is 5.32 Å². The van der Waals surface area contributed by atoms with E-state index < -0.39 is 0 Å². The van der Waals surface area contributed by atoms with Crippen LogP contribution in [0.3, 0.4) is 0 Å². The van der Waals surface area contributed by atoms with Crippen molar-refractivity contribution in [2.45, 2.75) is 26.8 Å². The highest BCUT2D eigenvalue weighted by Crippen LogP contribution is 2.33. The van der Waals surface area contributed by atoms with E-state index in [1.54, 1.807) is 6.33 Å². The van der Waals surface area contributed by atoms with Gasteiger partial charge in [-0.05, 0) is 60.7 Å². The molecule has 4 heteroatoms. The third-order valence-electron chi connectivity index (χ3n) is 4.73. The molecule has 4 nitrogen and oxygen atoms in total. The Bertz CT molecular complexity index is 936. The standard InChI is InChI=1S/C20H20N4/c1-13-8-9-16(10-15(13)3)18-11-19(17-7-5-4-6-14(17)2)24-20(23-18)21-12-22-24/h4-12,19H,1-3H3,(H,21,22,23). The number of nitrogens with zero attached hydrogens (tertiary/aromatic N) is 3. The van der Waals surface area contributed by atoms with Crippen LogP contribution in [0.1, 0.15) is 33.9 Å². The van der Waals surface area contributed by atoms with Crippen LogP contribution in [0.5, 0.6) is 0 Å². The molecule has 0 fully saturated rings. The van der Waals surface area contributed by atoms with Crippen molar-refractivity contribution in [1.29, 1.82) is 0 Å². The van der Waals surface area contributed by atoms with Gasteiger partial charge in [-0.1, -0.05) is 36.4 Å². The molecule has 0 aliphatic carbocycles. The summed E-state index contributed by atoms with van der Waals surface area (Å²) in [6, 6.07) is 15.0. The smallest absolute Gasteiger partial charge is 0.226 e. The van der Waals surface area contributed by atoms with Gasteiger partial charge < -0.3 is 5.32 Å². The van der Waals surface area contributed by atoms with Crippen molar-refractivity contribution in [3.05, 3.63) is 82.7 Å². The predicted octanol–water partition coefficient (Wildman–Crippen LogP) is 4.26. The zero-order valence-corrected chi connectivity index (χ0v) is 14.1. The van der Waals surface area contributed by atoms with Gasteiger partial charge >= 0.3 is 0 Å². The number of allylic oxidation sites excluding steroid dienone is 1. The van der Waals surface area contributed by atoms with Gasteiger partial charge in [0.15, 0.2) is 0 Å². The lowest BCUT2D eigenvalue weighted by atomic mass is 9.97. The van der Waals surface area contributed by atoms with E-state index in [-0.39, 0.29) is 6.04 Å². The van der Waals surface area contributed by atoms with Crippen molar-refractivity contribution in [1.82, 2.24) is 14.8 Å². The Kier molecular flexibility index (Phi) is 3.45. The number of anilines is 1. The summed E-state index contributed by atoms with van der Waals surface area (Å²) in [5, 5.41) is 7.82. The molecule has 4 rings (SSSR count). The Labute approximate surface area is 141 Å². The van der Waals surface area contributed by atoms with Crippen molar-refractivity contribution in [3.8, 4) is 0 Å². The van der Waals surface area contributed by atoms with E-state index in [9.17, 15) is 0 Å². The maximum atomic E-state index is 4.41. The molecule has 0 radical (unpaired) electrons. The predicted molar refractivity (Wildman–Crippen MR) is 96.9 cm³/mol. The van der Waals surface area contributed by atoms with Crippen LogP contribution in [-0.4, -0.2) is 14.8 Å². The average molecular weight is 316 g/mol. The Balaban J connectivity index is 1.84. The molecule has 24 heavy (non-hydrogen) atoms. The first-order valence-electron chi connectivity index (χ1n) is 8.15. The van der Waals surface area contributed by atoms with Crippen molar-refractivity contribution >= 4 is 11.6 Å². The van der Waals surface area contributed by atoms with Gasteiger partial charge in [0, 0.05) is 5.70 Å². The zero-order valence-electron chi connectivity index (χ0n) is 14.1. The van der Waals surface area contributed by atoms with Gasteiger partial charge in [-0.25, -0.2) is 4.68 Å². The second-order valence-electron chi connectivity index (χ2n) is 6.33. The molecule has 0 bridgehead atoms. The number of hydrogen-bond acceptors (Lipinski definition) is 3. The van der Waals surface area contributed by atoms with Crippen LogP contribution >= 0.6 is 0 Å². The minimum absolute atomic E-state index is 0.0431. The molecular formula is C20H20N4. The molecular weight excluding hydrogens is 296 g/mol.